The summed E-state index contributed by atoms with van der Waals surface area (Å²) >= 11 is 0. The van der Waals surface area contributed by atoms with Gasteiger partial charge in [0.1, 0.15) is 0 Å². The van der Waals surface area contributed by atoms with Crippen LogP contribution in [0.3, 0.4) is 0 Å². The zero-order valence-electron chi connectivity index (χ0n) is 13.0. The fraction of sp³-hybridized carbons (Fsp3) is 1.00. The standard InChI is InChI=1S/C16H35NO/c1-4-5-6-7-8-9-10-11-12-13-14-16(17-2)15-18-3/h16-17H,4-15H2,1-3H3. The van der Waals surface area contributed by atoms with E-state index in [-0.39, 0.29) is 0 Å². The average Bonchev–Trinajstić information content (AvgIpc) is 2.39. The van der Waals surface area contributed by atoms with Gasteiger partial charge in [0.05, 0.1) is 6.61 Å². The van der Waals surface area contributed by atoms with E-state index in [4.69, 9.17) is 4.74 Å². The molecule has 0 aromatic carbocycles. The average molecular weight is 257 g/mol. The monoisotopic (exact) mass is 257 g/mol. The molecule has 110 valence electrons. The number of likely N-dealkylation sites (N-methyl/N-ethyl adjacent to an activating group) is 1. The van der Waals surface area contributed by atoms with Gasteiger partial charge >= 0.3 is 0 Å². The number of unbranched alkanes of at least 4 members (excludes halogenated alkanes) is 9. The molecule has 0 aliphatic rings. The van der Waals surface area contributed by atoms with E-state index < -0.39 is 0 Å². The van der Waals surface area contributed by atoms with Crippen LogP contribution in [0.1, 0.15) is 77.6 Å². The zero-order valence-corrected chi connectivity index (χ0v) is 13.0. The molecule has 18 heavy (non-hydrogen) atoms. The van der Waals surface area contributed by atoms with Crippen LogP contribution in [0.15, 0.2) is 0 Å². The lowest BCUT2D eigenvalue weighted by Gasteiger charge is -2.14. The molecule has 0 saturated heterocycles. The molecule has 1 atom stereocenters. The molecule has 0 aromatic heterocycles. The summed E-state index contributed by atoms with van der Waals surface area (Å²) in [5, 5.41) is 3.31. The number of methoxy groups -OCH3 is 1. The highest BCUT2D eigenvalue weighted by Gasteiger charge is 2.04. The molecule has 0 bridgehead atoms. The molecule has 1 unspecified atom stereocenters. The fourth-order valence-corrected chi connectivity index (χ4v) is 2.39. The maximum Gasteiger partial charge on any atom is 0.0615 e. The Bertz CT molecular complexity index is 150. The molecule has 0 rings (SSSR count). The van der Waals surface area contributed by atoms with E-state index in [9.17, 15) is 0 Å². The molecule has 0 spiro atoms. The highest BCUT2D eigenvalue weighted by molar-refractivity contribution is 4.63. The first kappa shape index (κ1) is 17.9. The van der Waals surface area contributed by atoms with Gasteiger partial charge in [-0.2, -0.15) is 0 Å². The largest absolute Gasteiger partial charge is 0.383 e. The molecule has 0 amide bonds. The molecule has 1 N–H and O–H groups in total. The first-order chi connectivity index (χ1) is 8.85. The van der Waals surface area contributed by atoms with Gasteiger partial charge in [-0.3, -0.25) is 0 Å². The van der Waals surface area contributed by atoms with E-state index in [0.717, 1.165) is 6.61 Å². The normalized spacial score (nSPS) is 12.8. The minimum Gasteiger partial charge on any atom is -0.383 e. The van der Waals surface area contributed by atoms with Crippen LogP contribution in [0, 0.1) is 0 Å². The Morgan fingerprint density at radius 1 is 0.833 bits per heavy atom. The molecule has 0 saturated carbocycles. The van der Waals surface area contributed by atoms with Crippen molar-refractivity contribution < 1.29 is 4.74 Å². The van der Waals surface area contributed by atoms with Crippen molar-refractivity contribution in [2.45, 2.75) is 83.6 Å². The Kier molecular flexibility index (Phi) is 14.9. The lowest BCUT2D eigenvalue weighted by Crippen LogP contribution is -2.29. The minimum atomic E-state index is 0.545. The van der Waals surface area contributed by atoms with Gasteiger partial charge in [0.2, 0.25) is 0 Å². The summed E-state index contributed by atoms with van der Waals surface area (Å²) in [6.45, 7) is 3.12. The fourth-order valence-electron chi connectivity index (χ4n) is 2.39. The summed E-state index contributed by atoms with van der Waals surface area (Å²) in [6.07, 6.45) is 15.4. The van der Waals surface area contributed by atoms with E-state index in [1.54, 1.807) is 7.11 Å². The molecule has 2 heteroatoms. The summed E-state index contributed by atoms with van der Waals surface area (Å²) in [6, 6.07) is 0.545. The highest BCUT2D eigenvalue weighted by Crippen LogP contribution is 2.11. The molecule has 0 aromatic rings. The number of rotatable bonds is 14. The molecule has 0 radical (unpaired) electrons. The van der Waals surface area contributed by atoms with Gasteiger partial charge < -0.3 is 10.1 Å². The van der Waals surface area contributed by atoms with Gasteiger partial charge in [0.15, 0.2) is 0 Å². The highest BCUT2D eigenvalue weighted by atomic mass is 16.5. The second kappa shape index (κ2) is 15.0. The number of hydrogen-bond donors (Lipinski definition) is 1. The topological polar surface area (TPSA) is 21.3 Å². The van der Waals surface area contributed by atoms with Crippen molar-refractivity contribution >= 4 is 0 Å². The Balaban J connectivity index is 3.10. The van der Waals surface area contributed by atoms with Gasteiger partial charge in [0, 0.05) is 13.2 Å². The zero-order chi connectivity index (χ0) is 13.5. The van der Waals surface area contributed by atoms with Crippen molar-refractivity contribution in [2.75, 3.05) is 20.8 Å². The van der Waals surface area contributed by atoms with E-state index in [2.05, 4.69) is 12.2 Å². The van der Waals surface area contributed by atoms with Crippen LogP contribution in [0.4, 0.5) is 0 Å². The minimum absolute atomic E-state index is 0.545. The van der Waals surface area contributed by atoms with Gasteiger partial charge in [-0.1, -0.05) is 71.1 Å². The molecule has 0 aliphatic heterocycles. The van der Waals surface area contributed by atoms with Gasteiger partial charge in [0.25, 0.3) is 0 Å². The van der Waals surface area contributed by atoms with Gasteiger partial charge in [-0.25, -0.2) is 0 Å². The van der Waals surface area contributed by atoms with Crippen LogP contribution in [0.2, 0.25) is 0 Å². The van der Waals surface area contributed by atoms with E-state index >= 15 is 0 Å². The lowest BCUT2D eigenvalue weighted by molar-refractivity contribution is 0.164. The first-order valence-corrected chi connectivity index (χ1v) is 8.01. The SMILES string of the molecule is CCCCCCCCCCCCC(COC)NC. The summed E-state index contributed by atoms with van der Waals surface area (Å²) in [5.74, 6) is 0. The predicted molar refractivity (Wildman–Crippen MR) is 81.2 cm³/mol. The van der Waals surface area contributed by atoms with Crippen molar-refractivity contribution in [1.29, 1.82) is 0 Å². The maximum atomic E-state index is 5.17. The summed E-state index contributed by atoms with van der Waals surface area (Å²) < 4.78 is 5.17. The first-order valence-electron chi connectivity index (χ1n) is 8.01. The predicted octanol–water partition coefficient (Wildman–Crippen LogP) is 4.53. The van der Waals surface area contributed by atoms with E-state index in [1.807, 2.05) is 7.05 Å². The summed E-state index contributed by atoms with van der Waals surface area (Å²) in [5.41, 5.74) is 0. The van der Waals surface area contributed by atoms with Gasteiger partial charge in [-0.15, -0.1) is 0 Å². The number of ether oxygens (including phenoxy) is 1. The maximum absolute atomic E-state index is 5.17. The second-order valence-electron chi connectivity index (χ2n) is 5.41. The number of nitrogens with one attached hydrogen (secondary N) is 1. The van der Waals surface area contributed by atoms with Crippen LogP contribution >= 0.6 is 0 Å². The Morgan fingerprint density at radius 2 is 1.33 bits per heavy atom. The molecule has 0 heterocycles. The van der Waals surface area contributed by atoms with Crippen LogP contribution in [-0.4, -0.2) is 26.8 Å². The molecular weight excluding hydrogens is 222 g/mol. The molecule has 0 aliphatic carbocycles. The van der Waals surface area contributed by atoms with Crippen LogP contribution in [-0.2, 0) is 4.74 Å². The Hall–Kier alpha value is -0.0800. The third kappa shape index (κ3) is 12.4. The molecule has 2 nitrogen and oxygen atoms in total. The van der Waals surface area contributed by atoms with Crippen molar-refractivity contribution in [1.82, 2.24) is 5.32 Å². The van der Waals surface area contributed by atoms with Crippen LogP contribution < -0.4 is 5.32 Å². The summed E-state index contributed by atoms with van der Waals surface area (Å²) in [7, 11) is 3.81. The third-order valence-electron chi connectivity index (χ3n) is 3.68. The summed E-state index contributed by atoms with van der Waals surface area (Å²) in [4.78, 5) is 0. The molecule has 0 fully saturated rings. The van der Waals surface area contributed by atoms with Crippen LogP contribution in [0.25, 0.3) is 0 Å². The van der Waals surface area contributed by atoms with E-state index in [0.29, 0.717) is 6.04 Å². The van der Waals surface area contributed by atoms with Crippen molar-refractivity contribution in [3.63, 3.8) is 0 Å². The van der Waals surface area contributed by atoms with Crippen molar-refractivity contribution in [2.24, 2.45) is 0 Å². The van der Waals surface area contributed by atoms with Crippen LogP contribution in [0.5, 0.6) is 0 Å². The van der Waals surface area contributed by atoms with Crippen molar-refractivity contribution in [3.05, 3.63) is 0 Å². The Morgan fingerprint density at radius 3 is 1.78 bits per heavy atom. The third-order valence-corrected chi connectivity index (χ3v) is 3.68. The molecular formula is C16H35NO. The van der Waals surface area contributed by atoms with Crippen molar-refractivity contribution in [3.8, 4) is 0 Å². The second-order valence-corrected chi connectivity index (χ2v) is 5.41. The number of hydrogen-bond acceptors (Lipinski definition) is 2. The Labute approximate surface area is 115 Å². The lowest BCUT2D eigenvalue weighted by atomic mass is 10.0. The van der Waals surface area contributed by atoms with E-state index in [1.165, 1.54) is 70.6 Å². The smallest absolute Gasteiger partial charge is 0.0615 e. The van der Waals surface area contributed by atoms with Gasteiger partial charge in [-0.05, 0) is 13.5 Å². The quantitative estimate of drug-likeness (QED) is 0.462.